The zero-order valence-corrected chi connectivity index (χ0v) is 19.8. The summed E-state index contributed by atoms with van der Waals surface area (Å²) in [4.78, 5) is 17.5. The first-order valence-electron chi connectivity index (χ1n) is 11.1. The minimum absolute atomic E-state index is 0.174. The zero-order chi connectivity index (χ0) is 23.4. The predicted molar refractivity (Wildman–Crippen MR) is 132 cm³/mol. The smallest absolute Gasteiger partial charge is 0.264 e. The van der Waals surface area contributed by atoms with Crippen LogP contribution in [0.4, 0.5) is 11.4 Å². The van der Waals surface area contributed by atoms with Crippen molar-refractivity contribution >= 4 is 27.3 Å². The summed E-state index contributed by atoms with van der Waals surface area (Å²) in [6, 6.07) is 24.1. The summed E-state index contributed by atoms with van der Waals surface area (Å²) in [5.41, 5.74) is 3.41. The lowest BCUT2D eigenvalue weighted by Gasteiger charge is -2.37. The Morgan fingerprint density at radius 1 is 0.848 bits per heavy atom. The van der Waals surface area contributed by atoms with Crippen molar-refractivity contribution in [3.8, 4) is 0 Å². The van der Waals surface area contributed by atoms with E-state index in [-0.39, 0.29) is 17.3 Å². The highest BCUT2D eigenvalue weighted by Gasteiger charge is 2.31. The predicted octanol–water partition coefficient (Wildman–Crippen LogP) is 3.85. The first-order valence-corrected chi connectivity index (χ1v) is 12.5. The third kappa shape index (κ3) is 5.03. The van der Waals surface area contributed by atoms with Crippen LogP contribution < -0.4 is 9.21 Å². The van der Waals surface area contributed by atoms with Gasteiger partial charge in [0.1, 0.15) is 6.54 Å². The molecule has 1 saturated heterocycles. The van der Waals surface area contributed by atoms with Gasteiger partial charge < -0.3 is 9.80 Å². The second kappa shape index (κ2) is 9.67. The zero-order valence-electron chi connectivity index (χ0n) is 19.0. The summed E-state index contributed by atoms with van der Waals surface area (Å²) in [5, 5.41) is 0. The van der Waals surface area contributed by atoms with Crippen LogP contribution in [0.25, 0.3) is 0 Å². The molecule has 3 aromatic rings. The number of aryl methyl sites for hydroxylation is 2. The number of carbonyl (C=O) groups excluding carboxylic acids is 1. The Morgan fingerprint density at radius 2 is 1.45 bits per heavy atom. The van der Waals surface area contributed by atoms with Crippen LogP contribution in [0.2, 0.25) is 0 Å². The first kappa shape index (κ1) is 22.9. The van der Waals surface area contributed by atoms with E-state index in [0.29, 0.717) is 31.9 Å². The van der Waals surface area contributed by atoms with E-state index < -0.39 is 10.0 Å². The van der Waals surface area contributed by atoms with Crippen LogP contribution in [0.5, 0.6) is 0 Å². The van der Waals surface area contributed by atoms with Gasteiger partial charge in [0.15, 0.2) is 0 Å². The minimum atomic E-state index is -3.91. The maximum Gasteiger partial charge on any atom is 0.264 e. The molecule has 0 saturated carbocycles. The van der Waals surface area contributed by atoms with Gasteiger partial charge in [0, 0.05) is 31.9 Å². The van der Waals surface area contributed by atoms with E-state index in [0.717, 1.165) is 16.8 Å². The molecule has 0 spiro atoms. The van der Waals surface area contributed by atoms with E-state index in [4.69, 9.17) is 0 Å². The number of hydrogen-bond donors (Lipinski definition) is 0. The van der Waals surface area contributed by atoms with Crippen molar-refractivity contribution in [1.82, 2.24) is 4.90 Å². The maximum absolute atomic E-state index is 13.6. The van der Waals surface area contributed by atoms with Crippen molar-refractivity contribution in [2.75, 3.05) is 41.9 Å². The molecule has 1 amide bonds. The van der Waals surface area contributed by atoms with Gasteiger partial charge in [0.05, 0.1) is 10.6 Å². The molecule has 4 rings (SSSR count). The number of carbonyl (C=O) groups is 1. The van der Waals surface area contributed by atoms with Gasteiger partial charge in [-0.1, -0.05) is 48.5 Å². The average molecular weight is 464 g/mol. The fourth-order valence-electron chi connectivity index (χ4n) is 4.08. The summed E-state index contributed by atoms with van der Waals surface area (Å²) in [6.07, 6.45) is 0. The van der Waals surface area contributed by atoms with Crippen molar-refractivity contribution in [2.45, 2.75) is 18.7 Å². The van der Waals surface area contributed by atoms with Crippen LogP contribution in [0, 0.1) is 13.8 Å². The number of para-hydroxylation sites is 1. The van der Waals surface area contributed by atoms with Crippen molar-refractivity contribution < 1.29 is 13.2 Å². The Bertz CT molecular complexity index is 1210. The Hall–Kier alpha value is -3.32. The van der Waals surface area contributed by atoms with E-state index in [1.54, 1.807) is 35.2 Å². The van der Waals surface area contributed by atoms with E-state index in [1.807, 2.05) is 50.2 Å². The summed E-state index contributed by atoms with van der Waals surface area (Å²) < 4.78 is 28.5. The number of hydrogen-bond acceptors (Lipinski definition) is 4. The standard InChI is InChI=1S/C26H29N3O3S/c1-21-13-14-22(2)25(19-21)29(33(31,32)24-11-7-4-8-12-24)20-26(30)28-17-15-27(16-18-28)23-9-5-3-6-10-23/h3-14,19H,15-18,20H2,1-2H3. The van der Waals surface area contributed by atoms with Crippen LogP contribution in [0.1, 0.15) is 11.1 Å². The number of anilines is 2. The summed E-state index contributed by atoms with van der Waals surface area (Å²) in [5.74, 6) is -0.192. The molecule has 7 heteroatoms. The lowest BCUT2D eigenvalue weighted by atomic mass is 10.1. The largest absolute Gasteiger partial charge is 0.368 e. The van der Waals surface area contributed by atoms with Crippen molar-refractivity contribution in [3.05, 3.63) is 90.0 Å². The van der Waals surface area contributed by atoms with E-state index in [1.165, 1.54) is 4.31 Å². The van der Waals surface area contributed by atoms with Gasteiger partial charge in [0.25, 0.3) is 10.0 Å². The van der Waals surface area contributed by atoms with Gasteiger partial charge in [-0.15, -0.1) is 0 Å². The van der Waals surface area contributed by atoms with Crippen LogP contribution in [0.3, 0.4) is 0 Å². The van der Waals surface area contributed by atoms with Gasteiger partial charge in [-0.05, 0) is 55.3 Å². The van der Waals surface area contributed by atoms with Crippen LogP contribution >= 0.6 is 0 Å². The number of amides is 1. The molecule has 33 heavy (non-hydrogen) atoms. The van der Waals surface area contributed by atoms with Gasteiger partial charge >= 0.3 is 0 Å². The molecule has 1 aliphatic heterocycles. The molecule has 6 nitrogen and oxygen atoms in total. The quantitative estimate of drug-likeness (QED) is 0.557. The minimum Gasteiger partial charge on any atom is -0.368 e. The van der Waals surface area contributed by atoms with Gasteiger partial charge in [-0.3, -0.25) is 9.10 Å². The van der Waals surface area contributed by atoms with Crippen molar-refractivity contribution in [3.63, 3.8) is 0 Å². The molecule has 0 bridgehead atoms. The Morgan fingerprint density at radius 3 is 2.09 bits per heavy atom. The Kier molecular flexibility index (Phi) is 6.70. The Labute approximate surface area is 196 Å². The van der Waals surface area contributed by atoms with Gasteiger partial charge in [-0.2, -0.15) is 0 Å². The molecule has 3 aromatic carbocycles. The van der Waals surface area contributed by atoms with Gasteiger partial charge in [-0.25, -0.2) is 8.42 Å². The van der Waals surface area contributed by atoms with E-state index >= 15 is 0 Å². The fourth-order valence-corrected chi connectivity index (χ4v) is 5.57. The molecule has 1 aliphatic rings. The molecular formula is C26H29N3O3S. The SMILES string of the molecule is Cc1ccc(C)c(N(CC(=O)N2CCN(c3ccccc3)CC2)S(=O)(=O)c2ccccc2)c1. The molecule has 0 aliphatic carbocycles. The molecule has 0 aromatic heterocycles. The first-order chi connectivity index (χ1) is 15.9. The average Bonchev–Trinajstić information content (AvgIpc) is 2.85. The van der Waals surface area contributed by atoms with E-state index in [9.17, 15) is 13.2 Å². The second-order valence-electron chi connectivity index (χ2n) is 8.32. The van der Waals surface area contributed by atoms with Crippen LogP contribution in [0.15, 0.2) is 83.8 Å². The molecule has 0 unspecified atom stereocenters. The molecule has 0 radical (unpaired) electrons. The van der Waals surface area contributed by atoms with Crippen LogP contribution in [-0.2, 0) is 14.8 Å². The van der Waals surface area contributed by atoms with E-state index in [2.05, 4.69) is 17.0 Å². The van der Waals surface area contributed by atoms with Gasteiger partial charge in [0.2, 0.25) is 5.91 Å². The number of sulfonamides is 1. The highest BCUT2D eigenvalue weighted by molar-refractivity contribution is 7.92. The highest BCUT2D eigenvalue weighted by atomic mass is 32.2. The summed E-state index contributed by atoms with van der Waals surface area (Å²) >= 11 is 0. The van der Waals surface area contributed by atoms with Crippen molar-refractivity contribution in [2.24, 2.45) is 0 Å². The highest BCUT2D eigenvalue weighted by Crippen LogP contribution is 2.28. The molecule has 1 heterocycles. The summed E-state index contributed by atoms with van der Waals surface area (Å²) in [6.45, 7) is 6.09. The monoisotopic (exact) mass is 463 g/mol. The molecule has 1 fully saturated rings. The normalized spacial score (nSPS) is 14.2. The van der Waals surface area contributed by atoms with Crippen LogP contribution in [-0.4, -0.2) is 51.9 Å². The number of rotatable bonds is 6. The maximum atomic E-state index is 13.6. The lowest BCUT2D eigenvalue weighted by Crippen LogP contribution is -2.52. The van der Waals surface area contributed by atoms with Crippen molar-refractivity contribution in [1.29, 1.82) is 0 Å². The summed E-state index contributed by atoms with van der Waals surface area (Å²) in [7, 11) is -3.91. The molecule has 0 N–H and O–H groups in total. The number of benzene rings is 3. The molecule has 0 atom stereocenters. The fraction of sp³-hybridized carbons (Fsp3) is 0.269. The number of nitrogens with zero attached hydrogens (tertiary/aromatic N) is 3. The second-order valence-corrected chi connectivity index (χ2v) is 10.2. The number of piperazine rings is 1. The topological polar surface area (TPSA) is 60.9 Å². The third-order valence-corrected chi connectivity index (χ3v) is 7.77. The Balaban J connectivity index is 1.57. The lowest BCUT2D eigenvalue weighted by molar-refractivity contribution is -0.129. The molecule has 172 valence electrons. The third-order valence-electron chi connectivity index (χ3n) is 6.00. The molecular weight excluding hydrogens is 434 g/mol.